The molecular weight excluding hydrogens is 452 g/mol. The number of aromatic nitrogens is 3. The number of benzene rings is 2. The summed E-state index contributed by atoms with van der Waals surface area (Å²) >= 11 is 0. The predicted molar refractivity (Wildman–Crippen MR) is 142 cm³/mol. The minimum absolute atomic E-state index is 0.265. The van der Waals surface area contributed by atoms with E-state index in [9.17, 15) is 4.79 Å². The normalized spacial score (nSPS) is 14.3. The second-order valence-corrected chi connectivity index (χ2v) is 9.06. The number of aromatic amines is 1. The molecule has 8 heteroatoms. The lowest BCUT2D eigenvalue weighted by atomic mass is 10.2. The third-order valence-corrected chi connectivity index (χ3v) is 6.66. The smallest absolute Gasteiger partial charge is 0.323 e. The van der Waals surface area contributed by atoms with Crippen molar-refractivity contribution in [3.8, 4) is 0 Å². The highest BCUT2D eigenvalue weighted by atomic mass is 16.5. The Hall–Kier alpha value is -4.14. The van der Waals surface area contributed by atoms with Crippen molar-refractivity contribution in [1.29, 1.82) is 0 Å². The van der Waals surface area contributed by atoms with Crippen molar-refractivity contribution in [2.75, 3.05) is 36.9 Å². The Morgan fingerprint density at radius 2 is 1.81 bits per heavy atom. The van der Waals surface area contributed by atoms with E-state index in [0.717, 1.165) is 66.2 Å². The number of fused-ring (bicyclic) bond motifs is 2. The summed E-state index contributed by atoms with van der Waals surface area (Å²) in [6.45, 7) is 5.09. The Kier molecular flexibility index (Phi) is 6.11. The molecule has 5 aromatic rings. The number of morpholine rings is 1. The van der Waals surface area contributed by atoms with Crippen molar-refractivity contribution in [2.45, 2.75) is 13.1 Å². The van der Waals surface area contributed by atoms with Gasteiger partial charge in [-0.2, -0.15) is 0 Å². The standard InChI is InChI=1S/C28H28N6O2/c35-28(31-22-8-6-20(7-9-22)18-33-13-15-36-16-14-33)32-25-4-1-5-26-24(25)10-12-34(26)19-21-17-30-27-23(21)3-2-11-29-27/h1-12,17H,13-16,18-19H2,(H,29,30)(H2,31,32,35). The molecule has 3 N–H and O–H groups in total. The molecule has 0 saturated carbocycles. The molecule has 1 aliphatic heterocycles. The number of carbonyl (C=O) groups is 1. The fraction of sp³-hybridized carbons (Fsp3) is 0.214. The summed E-state index contributed by atoms with van der Waals surface area (Å²) in [6, 6.07) is 19.8. The van der Waals surface area contributed by atoms with E-state index >= 15 is 0 Å². The van der Waals surface area contributed by atoms with Crippen molar-refractivity contribution >= 4 is 39.3 Å². The van der Waals surface area contributed by atoms with Crippen LogP contribution in [0.3, 0.4) is 0 Å². The zero-order valence-electron chi connectivity index (χ0n) is 19.9. The van der Waals surface area contributed by atoms with Crippen LogP contribution in [0.5, 0.6) is 0 Å². The number of pyridine rings is 1. The zero-order valence-corrected chi connectivity index (χ0v) is 19.9. The number of amides is 2. The zero-order chi connectivity index (χ0) is 24.3. The van der Waals surface area contributed by atoms with E-state index in [1.807, 2.05) is 42.6 Å². The van der Waals surface area contributed by atoms with Crippen LogP contribution in [0, 0.1) is 0 Å². The summed E-state index contributed by atoms with van der Waals surface area (Å²) in [5.74, 6) is 0. The molecule has 0 spiro atoms. The van der Waals surface area contributed by atoms with Crippen molar-refractivity contribution in [1.82, 2.24) is 19.4 Å². The van der Waals surface area contributed by atoms with Gasteiger partial charge in [0.25, 0.3) is 0 Å². The average molecular weight is 481 g/mol. The van der Waals surface area contributed by atoms with E-state index in [1.165, 1.54) is 11.1 Å². The first kappa shape index (κ1) is 22.3. The van der Waals surface area contributed by atoms with Crippen molar-refractivity contribution in [2.24, 2.45) is 0 Å². The van der Waals surface area contributed by atoms with Gasteiger partial charge in [0.2, 0.25) is 0 Å². The lowest BCUT2D eigenvalue weighted by Crippen LogP contribution is -2.35. The minimum Gasteiger partial charge on any atom is -0.379 e. The summed E-state index contributed by atoms with van der Waals surface area (Å²) < 4.78 is 7.60. The van der Waals surface area contributed by atoms with Gasteiger partial charge in [0.05, 0.1) is 24.4 Å². The molecule has 6 rings (SSSR count). The number of carbonyl (C=O) groups excluding carboxylic acids is 1. The molecule has 36 heavy (non-hydrogen) atoms. The van der Waals surface area contributed by atoms with Crippen LogP contribution >= 0.6 is 0 Å². The molecule has 8 nitrogen and oxygen atoms in total. The van der Waals surface area contributed by atoms with Crippen LogP contribution in [-0.2, 0) is 17.8 Å². The van der Waals surface area contributed by atoms with Crippen LogP contribution in [0.15, 0.2) is 79.3 Å². The molecule has 0 radical (unpaired) electrons. The largest absolute Gasteiger partial charge is 0.379 e. The summed E-state index contributed by atoms with van der Waals surface area (Å²) in [5.41, 5.74) is 5.86. The molecule has 4 heterocycles. The number of hydrogen-bond donors (Lipinski definition) is 3. The van der Waals surface area contributed by atoms with E-state index in [1.54, 1.807) is 6.20 Å². The number of ether oxygens (including phenoxy) is 1. The first-order valence-electron chi connectivity index (χ1n) is 12.2. The quantitative estimate of drug-likeness (QED) is 0.318. The maximum Gasteiger partial charge on any atom is 0.323 e. The summed E-state index contributed by atoms with van der Waals surface area (Å²) in [6.07, 6.45) is 5.85. The van der Waals surface area contributed by atoms with Gasteiger partial charge in [-0.25, -0.2) is 9.78 Å². The van der Waals surface area contributed by atoms with Gasteiger partial charge in [-0.05, 0) is 53.6 Å². The summed E-state index contributed by atoms with van der Waals surface area (Å²) in [5, 5.41) is 8.07. The molecule has 1 saturated heterocycles. The summed E-state index contributed by atoms with van der Waals surface area (Å²) in [4.78, 5) is 22.8. The fourth-order valence-electron chi connectivity index (χ4n) is 4.79. The highest BCUT2D eigenvalue weighted by Gasteiger charge is 2.13. The maximum absolute atomic E-state index is 12.8. The SMILES string of the molecule is O=C(Nc1ccc(CN2CCOCC2)cc1)Nc1cccc2c1ccn2Cc1c[nH]c2ncccc12. The summed E-state index contributed by atoms with van der Waals surface area (Å²) in [7, 11) is 0. The number of urea groups is 1. The molecule has 2 aromatic carbocycles. The lowest BCUT2D eigenvalue weighted by molar-refractivity contribution is 0.0342. The van der Waals surface area contributed by atoms with Crippen LogP contribution < -0.4 is 10.6 Å². The van der Waals surface area contributed by atoms with E-state index in [-0.39, 0.29) is 6.03 Å². The third-order valence-electron chi connectivity index (χ3n) is 6.66. The Morgan fingerprint density at radius 1 is 0.944 bits per heavy atom. The van der Waals surface area contributed by atoms with Crippen LogP contribution in [0.2, 0.25) is 0 Å². The van der Waals surface area contributed by atoms with Crippen LogP contribution in [0.25, 0.3) is 21.9 Å². The van der Waals surface area contributed by atoms with Crippen LogP contribution in [0.1, 0.15) is 11.1 Å². The number of nitrogens with one attached hydrogen (secondary N) is 3. The second kappa shape index (κ2) is 9.85. The topological polar surface area (TPSA) is 87.2 Å². The van der Waals surface area contributed by atoms with Crippen LogP contribution in [0.4, 0.5) is 16.2 Å². The predicted octanol–water partition coefficient (Wildman–Crippen LogP) is 5.04. The number of rotatable bonds is 6. The van der Waals surface area contributed by atoms with Gasteiger partial charge < -0.3 is 24.9 Å². The monoisotopic (exact) mass is 480 g/mol. The van der Waals surface area contributed by atoms with Gasteiger partial charge in [-0.15, -0.1) is 0 Å². The first-order valence-corrected chi connectivity index (χ1v) is 12.2. The fourth-order valence-corrected chi connectivity index (χ4v) is 4.79. The van der Waals surface area contributed by atoms with Crippen molar-refractivity contribution in [3.63, 3.8) is 0 Å². The molecule has 0 aliphatic carbocycles. The van der Waals surface area contributed by atoms with Gasteiger partial charge in [0.1, 0.15) is 5.65 Å². The molecule has 1 fully saturated rings. The Balaban J connectivity index is 1.13. The van der Waals surface area contributed by atoms with Gasteiger partial charge in [-0.3, -0.25) is 4.90 Å². The molecule has 0 bridgehead atoms. The van der Waals surface area contributed by atoms with E-state index < -0.39 is 0 Å². The average Bonchev–Trinajstić information content (AvgIpc) is 3.51. The highest BCUT2D eigenvalue weighted by molar-refractivity contribution is 6.05. The minimum atomic E-state index is -0.265. The number of nitrogens with zero attached hydrogens (tertiary/aromatic N) is 3. The molecule has 182 valence electrons. The molecule has 1 aliphatic rings. The number of H-pyrrole nitrogens is 1. The molecule has 0 atom stereocenters. The van der Waals surface area contributed by atoms with E-state index in [2.05, 4.69) is 60.5 Å². The van der Waals surface area contributed by atoms with Gasteiger partial charge in [-0.1, -0.05) is 18.2 Å². The molecule has 3 aromatic heterocycles. The third kappa shape index (κ3) is 4.68. The number of anilines is 2. The molecule has 2 amide bonds. The maximum atomic E-state index is 12.8. The van der Waals surface area contributed by atoms with Crippen molar-refractivity contribution in [3.05, 3.63) is 90.4 Å². The Bertz CT molecular complexity index is 1500. The number of hydrogen-bond acceptors (Lipinski definition) is 4. The second-order valence-electron chi connectivity index (χ2n) is 9.06. The molecular formula is C28H28N6O2. The van der Waals surface area contributed by atoms with E-state index in [4.69, 9.17) is 4.74 Å². The van der Waals surface area contributed by atoms with E-state index in [0.29, 0.717) is 6.54 Å². The van der Waals surface area contributed by atoms with Crippen LogP contribution in [-0.4, -0.2) is 51.8 Å². The highest BCUT2D eigenvalue weighted by Crippen LogP contribution is 2.27. The first-order chi connectivity index (χ1) is 17.7. The Labute approximate surface area is 208 Å². The van der Waals surface area contributed by atoms with Gasteiger partial charge in [0.15, 0.2) is 0 Å². The molecule has 0 unspecified atom stereocenters. The van der Waals surface area contributed by atoms with Gasteiger partial charge >= 0.3 is 6.03 Å². The lowest BCUT2D eigenvalue weighted by Gasteiger charge is -2.26. The van der Waals surface area contributed by atoms with Gasteiger partial charge in [0, 0.05) is 61.2 Å². The Morgan fingerprint density at radius 3 is 2.67 bits per heavy atom. The van der Waals surface area contributed by atoms with Crippen molar-refractivity contribution < 1.29 is 9.53 Å².